The number of hydrogen-bond acceptors (Lipinski definition) is 8. The molecule has 2 fully saturated rings. The van der Waals surface area contributed by atoms with Crippen LogP contribution in [0.5, 0.6) is 0 Å². The maximum absolute atomic E-state index is 13.6. The molecular formula is C24H28N6O5S. The van der Waals surface area contributed by atoms with Crippen LogP contribution in [0.3, 0.4) is 0 Å². The number of nitrogens with zero attached hydrogens (tertiary/aromatic N) is 4. The Morgan fingerprint density at radius 3 is 2.69 bits per heavy atom. The summed E-state index contributed by atoms with van der Waals surface area (Å²) in [6.07, 6.45) is 7.51. The molecule has 0 aliphatic carbocycles. The number of carbonyl (C=O) groups excluding carboxylic acids is 4. The van der Waals surface area contributed by atoms with E-state index in [1.54, 1.807) is 17.8 Å². The van der Waals surface area contributed by atoms with Gasteiger partial charge in [0.2, 0.25) is 5.91 Å². The zero-order valence-electron chi connectivity index (χ0n) is 20.0. The normalized spacial score (nSPS) is 21.2. The van der Waals surface area contributed by atoms with Crippen LogP contribution in [0, 0.1) is 0 Å². The average molecular weight is 513 g/mol. The minimum Gasteiger partial charge on any atom is -0.467 e. The number of likely N-dealkylation sites (tertiary alicyclic amines) is 2. The highest BCUT2D eigenvalue weighted by Crippen LogP contribution is 2.27. The van der Waals surface area contributed by atoms with Crippen molar-refractivity contribution in [2.75, 3.05) is 31.8 Å². The second kappa shape index (κ2) is 11.4. The number of carbonyl (C=O) groups is 4. The molecular weight excluding hydrogens is 484 g/mol. The molecule has 3 heterocycles. The summed E-state index contributed by atoms with van der Waals surface area (Å²) in [6.45, 7) is 0.507. The number of benzene rings is 1. The van der Waals surface area contributed by atoms with Crippen molar-refractivity contribution in [3.63, 3.8) is 0 Å². The quantitative estimate of drug-likeness (QED) is 0.442. The van der Waals surface area contributed by atoms with E-state index in [4.69, 9.17) is 4.74 Å². The van der Waals surface area contributed by atoms with E-state index in [0.717, 1.165) is 4.90 Å². The number of nitrogens with one attached hydrogen (secondary N) is 2. The van der Waals surface area contributed by atoms with Gasteiger partial charge in [-0.25, -0.2) is 14.6 Å². The number of amides is 4. The fraction of sp³-hybridized carbons (Fsp3) is 0.417. The van der Waals surface area contributed by atoms with Gasteiger partial charge in [0.1, 0.15) is 17.8 Å². The molecule has 4 amide bonds. The third-order valence-electron chi connectivity index (χ3n) is 6.30. The van der Waals surface area contributed by atoms with Crippen molar-refractivity contribution in [3.05, 3.63) is 48.5 Å². The number of methoxy groups -OCH3 is 1. The number of urea groups is 1. The summed E-state index contributed by atoms with van der Waals surface area (Å²) >= 11 is 1.56. The van der Waals surface area contributed by atoms with Crippen LogP contribution in [0.15, 0.2) is 47.8 Å². The molecule has 2 aliphatic rings. The van der Waals surface area contributed by atoms with Gasteiger partial charge in [-0.15, -0.1) is 11.8 Å². The summed E-state index contributed by atoms with van der Waals surface area (Å²) in [6, 6.07) is 4.96. The molecule has 3 atom stereocenters. The van der Waals surface area contributed by atoms with Gasteiger partial charge in [0.05, 0.1) is 19.3 Å². The first-order chi connectivity index (χ1) is 17.4. The first-order valence-corrected chi connectivity index (χ1v) is 12.8. The first kappa shape index (κ1) is 25.4. The van der Waals surface area contributed by atoms with Gasteiger partial charge in [0, 0.05) is 36.1 Å². The van der Waals surface area contributed by atoms with Crippen LogP contribution in [0.25, 0.3) is 0 Å². The largest absolute Gasteiger partial charge is 0.467 e. The average Bonchev–Trinajstić information content (AvgIpc) is 3.55. The Morgan fingerprint density at radius 1 is 1.14 bits per heavy atom. The van der Waals surface area contributed by atoms with Crippen LogP contribution in [-0.4, -0.2) is 88.2 Å². The van der Waals surface area contributed by atoms with Gasteiger partial charge in [0.25, 0.3) is 5.91 Å². The molecule has 2 aliphatic heterocycles. The molecule has 36 heavy (non-hydrogen) atoms. The Balaban J connectivity index is 1.51. The highest BCUT2D eigenvalue weighted by atomic mass is 32.2. The Morgan fingerprint density at radius 2 is 1.97 bits per heavy atom. The van der Waals surface area contributed by atoms with Crippen LogP contribution in [-0.2, 0) is 14.3 Å². The molecule has 11 nitrogen and oxygen atoms in total. The number of aromatic nitrogens is 2. The summed E-state index contributed by atoms with van der Waals surface area (Å²) in [7, 11) is 1.29. The molecule has 190 valence electrons. The Hall–Kier alpha value is -3.67. The zero-order chi connectivity index (χ0) is 25.7. The van der Waals surface area contributed by atoms with Crippen LogP contribution in [0.4, 0.5) is 10.5 Å². The lowest BCUT2D eigenvalue weighted by atomic mass is 10.1. The van der Waals surface area contributed by atoms with E-state index < -0.39 is 36.0 Å². The van der Waals surface area contributed by atoms with Gasteiger partial charge in [-0.1, -0.05) is 6.07 Å². The SMILES string of the molecule is COC(=O)[C@@H]1CCCN1C(=O)[C@H]1C[C@H](NC(=O)Nc2cccc(SC)c2)CN1C(=O)c1cnccn1. The van der Waals surface area contributed by atoms with Crippen LogP contribution < -0.4 is 10.6 Å². The highest BCUT2D eigenvalue weighted by molar-refractivity contribution is 7.98. The molecule has 2 N–H and O–H groups in total. The van der Waals surface area contributed by atoms with E-state index in [9.17, 15) is 19.2 Å². The van der Waals surface area contributed by atoms with E-state index in [-0.39, 0.29) is 24.6 Å². The van der Waals surface area contributed by atoms with Gasteiger partial charge in [-0.2, -0.15) is 0 Å². The Labute approximate surface area is 213 Å². The lowest BCUT2D eigenvalue weighted by Crippen LogP contribution is -2.51. The van der Waals surface area contributed by atoms with E-state index in [1.807, 2.05) is 24.5 Å². The smallest absolute Gasteiger partial charge is 0.328 e. The number of esters is 1. The molecule has 4 rings (SSSR count). The second-order valence-corrected chi connectivity index (χ2v) is 9.42. The summed E-state index contributed by atoms with van der Waals surface area (Å²) in [4.78, 5) is 63.7. The van der Waals surface area contributed by atoms with Gasteiger partial charge in [-0.05, 0) is 43.7 Å². The Kier molecular flexibility index (Phi) is 8.04. The van der Waals surface area contributed by atoms with Crippen molar-refractivity contribution < 1.29 is 23.9 Å². The maximum atomic E-state index is 13.6. The number of hydrogen-bond donors (Lipinski definition) is 2. The Bertz CT molecular complexity index is 1130. The molecule has 0 spiro atoms. The van der Waals surface area contributed by atoms with Gasteiger partial charge in [0.15, 0.2) is 0 Å². The standard InChI is InChI=1S/C24H28N6O5S/c1-35-23(33)19-7-4-10-29(19)22(32)20-12-16(14-30(20)21(31)18-13-25-8-9-26-18)28-24(34)27-15-5-3-6-17(11-15)36-2/h3,5-6,8-9,11,13,16,19-20H,4,7,10,12,14H2,1-2H3,(H2,27,28,34)/t16-,19-,20+/m0/s1. The van der Waals surface area contributed by atoms with E-state index >= 15 is 0 Å². The van der Waals surface area contributed by atoms with Crippen LogP contribution in [0.2, 0.25) is 0 Å². The predicted octanol–water partition coefficient (Wildman–Crippen LogP) is 1.77. The van der Waals surface area contributed by atoms with E-state index in [1.165, 1.54) is 35.5 Å². The highest BCUT2D eigenvalue weighted by Gasteiger charge is 2.46. The summed E-state index contributed by atoms with van der Waals surface area (Å²) < 4.78 is 4.87. The molecule has 12 heteroatoms. The van der Waals surface area contributed by atoms with E-state index in [0.29, 0.717) is 25.1 Å². The molecule has 2 saturated heterocycles. The summed E-state index contributed by atoms with van der Waals surface area (Å²) in [5, 5.41) is 5.67. The lowest BCUT2D eigenvalue weighted by Gasteiger charge is -2.30. The minimum absolute atomic E-state index is 0.0974. The van der Waals surface area contributed by atoms with Crippen LogP contribution >= 0.6 is 11.8 Å². The lowest BCUT2D eigenvalue weighted by molar-refractivity contribution is -0.152. The van der Waals surface area contributed by atoms with Gasteiger partial charge in [-0.3, -0.25) is 14.6 Å². The van der Waals surface area contributed by atoms with Crippen molar-refractivity contribution in [1.29, 1.82) is 0 Å². The molecule has 0 unspecified atom stereocenters. The predicted molar refractivity (Wildman–Crippen MR) is 132 cm³/mol. The van der Waals surface area contributed by atoms with Gasteiger partial charge < -0.3 is 25.2 Å². The fourth-order valence-corrected chi connectivity index (χ4v) is 5.07. The minimum atomic E-state index is -0.866. The summed E-state index contributed by atoms with van der Waals surface area (Å²) in [5.74, 6) is -1.29. The third-order valence-corrected chi connectivity index (χ3v) is 7.03. The zero-order valence-corrected chi connectivity index (χ0v) is 20.9. The molecule has 1 aromatic heterocycles. The van der Waals surface area contributed by atoms with Crippen molar-refractivity contribution >= 4 is 41.3 Å². The number of thioether (sulfide) groups is 1. The van der Waals surface area contributed by atoms with Crippen molar-refractivity contribution in [3.8, 4) is 0 Å². The van der Waals surface area contributed by atoms with Crippen molar-refractivity contribution in [1.82, 2.24) is 25.1 Å². The first-order valence-electron chi connectivity index (χ1n) is 11.6. The van der Waals surface area contributed by atoms with Crippen molar-refractivity contribution in [2.45, 2.75) is 42.3 Å². The molecule has 0 saturated carbocycles. The molecule has 0 radical (unpaired) electrons. The molecule has 2 aromatic rings. The van der Waals surface area contributed by atoms with Crippen molar-refractivity contribution in [2.24, 2.45) is 0 Å². The molecule has 0 bridgehead atoms. The van der Waals surface area contributed by atoms with Gasteiger partial charge >= 0.3 is 12.0 Å². The number of rotatable bonds is 6. The second-order valence-electron chi connectivity index (χ2n) is 8.54. The summed E-state index contributed by atoms with van der Waals surface area (Å²) in [5.41, 5.74) is 0.732. The topological polar surface area (TPSA) is 134 Å². The number of anilines is 1. The van der Waals surface area contributed by atoms with E-state index in [2.05, 4.69) is 20.6 Å². The molecule has 1 aromatic carbocycles. The monoisotopic (exact) mass is 512 g/mol. The maximum Gasteiger partial charge on any atom is 0.328 e. The fourth-order valence-electron chi connectivity index (χ4n) is 4.61. The van der Waals surface area contributed by atoms with Crippen LogP contribution in [0.1, 0.15) is 29.8 Å². The third kappa shape index (κ3) is 5.59. The number of ether oxygens (including phenoxy) is 1.